The third-order valence-corrected chi connectivity index (χ3v) is 5.36. The Bertz CT molecular complexity index is 366. The van der Waals surface area contributed by atoms with E-state index in [0.29, 0.717) is 19.3 Å². The van der Waals surface area contributed by atoms with Crippen molar-refractivity contribution in [2.75, 3.05) is 13.2 Å². The van der Waals surface area contributed by atoms with Crippen molar-refractivity contribution in [3.05, 3.63) is 20.8 Å². The molecule has 19 heavy (non-hydrogen) atoms. The van der Waals surface area contributed by atoms with E-state index in [0.717, 1.165) is 23.9 Å². The zero-order valence-corrected chi connectivity index (χ0v) is 13.5. The van der Waals surface area contributed by atoms with E-state index in [1.165, 1.54) is 24.1 Å². The van der Waals surface area contributed by atoms with Crippen LogP contribution in [0.2, 0.25) is 0 Å². The molecule has 1 aromatic rings. The minimum atomic E-state index is -0.416. The Kier molecular flexibility index (Phi) is 6.81. The number of aliphatic hydroxyl groups excluding tert-OH is 1. The van der Waals surface area contributed by atoms with E-state index < -0.39 is 6.10 Å². The van der Waals surface area contributed by atoms with Gasteiger partial charge in [0, 0.05) is 22.4 Å². The smallest absolute Gasteiger partial charge is 0.0897 e. The second-order valence-corrected chi connectivity index (χ2v) is 6.92. The maximum Gasteiger partial charge on any atom is 0.0897 e. The number of hydrogen-bond acceptors (Lipinski definition) is 4. The highest BCUT2D eigenvalue weighted by Crippen LogP contribution is 2.22. The van der Waals surface area contributed by atoms with Crippen LogP contribution in [0.25, 0.3) is 0 Å². The highest BCUT2D eigenvalue weighted by atomic mass is 79.9. The molecule has 0 aliphatic heterocycles. The molecule has 2 rings (SSSR count). The van der Waals surface area contributed by atoms with E-state index in [-0.39, 0.29) is 0 Å². The van der Waals surface area contributed by atoms with Gasteiger partial charge >= 0.3 is 0 Å². The lowest BCUT2D eigenvalue weighted by atomic mass is 9.98. The number of nitrogens with one attached hydrogen (secondary N) is 1. The van der Waals surface area contributed by atoms with Gasteiger partial charge in [0.05, 0.1) is 18.8 Å². The average molecular weight is 348 g/mol. The Hall–Kier alpha value is 0.0600. The van der Waals surface area contributed by atoms with Crippen molar-refractivity contribution in [2.45, 2.75) is 50.9 Å². The van der Waals surface area contributed by atoms with Gasteiger partial charge < -0.3 is 15.2 Å². The second-order valence-electron chi connectivity index (χ2n) is 5.07. The lowest BCUT2D eigenvalue weighted by Crippen LogP contribution is -2.32. The van der Waals surface area contributed by atoms with Crippen molar-refractivity contribution in [3.63, 3.8) is 0 Å². The van der Waals surface area contributed by atoms with Crippen LogP contribution in [0.3, 0.4) is 0 Å². The van der Waals surface area contributed by atoms with Crippen LogP contribution in [0.5, 0.6) is 0 Å². The van der Waals surface area contributed by atoms with Gasteiger partial charge in [-0.1, -0.05) is 19.3 Å². The molecule has 1 aromatic heterocycles. The van der Waals surface area contributed by atoms with Crippen molar-refractivity contribution in [1.82, 2.24) is 5.32 Å². The van der Waals surface area contributed by atoms with E-state index in [4.69, 9.17) is 4.74 Å². The van der Waals surface area contributed by atoms with Gasteiger partial charge in [0.15, 0.2) is 0 Å². The van der Waals surface area contributed by atoms with Gasteiger partial charge in [-0.15, -0.1) is 11.3 Å². The molecule has 0 bridgehead atoms. The van der Waals surface area contributed by atoms with Crippen LogP contribution in [-0.2, 0) is 11.3 Å². The summed E-state index contributed by atoms with van der Waals surface area (Å²) in [7, 11) is 0. The van der Waals surface area contributed by atoms with E-state index >= 15 is 0 Å². The van der Waals surface area contributed by atoms with Crippen LogP contribution in [0.15, 0.2) is 15.9 Å². The molecule has 1 aliphatic rings. The number of ether oxygens (including phenoxy) is 1. The molecule has 1 heterocycles. The summed E-state index contributed by atoms with van der Waals surface area (Å²) in [6, 6.07) is 2.05. The molecule has 0 aromatic carbocycles. The van der Waals surface area contributed by atoms with Crippen LogP contribution < -0.4 is 5.32 Å². The van der Waals surface area contributed by atoms with Gasteiger partial charge in [0.2, 0.25) is 0 Å². The number of halogens is 1. The molecule has 5 heteroatoms. The molecule has 0 amide bonds. The van der Waals surface area contributed by atoms with Crippen LogP contribution in [0.1, 0.15) is 37.0 Å². The quantitative estimate of drug-likeness (QED) is 0.794. The number of thiophene rings is 1. The van der Waals surface area contributed by atoms with Crippen LogP contribution >= 0.6 is 27.3 Å². The minimum absolute atomic E-state index is 0.370. The van der Waals surface area contributed by atoms with Crippen molar-refractivity contribution < 1.29 is 9.84 Å². The van der Waals surface area contributed by atoms with E-state index in [1.807, 2.05) is 6.07 Å². The van der Waals surface area contributed by atoms with Crippen molar-refractivity contribution in [3.8, 4) is 0 Å². The van der Waals surface area contributed by atoms with Gasteiger partial charge in [0.25, 0.3) is 0 Å². The van der Waals surface area contributed by atoms with Crippen molar-refractivity contribution in [2.24, 2.45) is 0 Å². The largest absolute Gasteiger partial charge is 0.389 e. The van der Waals surface area contributed by atoms with E-state index in [9.17, 15) is 5.11 Å². The Morgan fingerprint density at radius 1 is 1.42 bits per heavy atom. The van der Waals surface area contributed by atoms with Gasteiger partial charge in [0.1, 0.15) is 0 Å². The predicted octanol–water partition coefficient (Wildman–Crippen LogP) is 3.31. The van der Waals surface area contributed by atoms with Gasteiger partial charge in [-0.05, 0) is 40.2 Å². The first-order valence-corrected chi connectivity index (χ1v) is 8.65. The first kappa shape index (κ1) is 15.4. The van der Waals surface area contributed by atoms with Crippen molar-refractivity contribution in [1.29, 1.82) is 0 Å². The summed E-state index contributed by atoms with van der Waals surface area (Å²) >= 11 is 5.21. The maximum atomic E-state index is 9.88. The Labute approximate surface area is 127 Å². The fourth-order valence-electron chi connectivity index (χ4n) is 2.34. The molecule has 108 valence electrons. The van der Waals surface area contributed by atoms with Crippen LogP contribution in [0, 0.1) is 0 Å². The highest BCUT2D eigenvalue weighted by molar-refractivity contribution is 9.10. The fraction of sp³-hybridized carbons (Fsp3) is 0.714. The molecule has 3 nitrogen and oxygen atoms in total. The third-order valence-electron chi connectivity index (χ3n) is 3.43. The zero-order chi connectivity index (χ0) is 13.5. The van der Waals surface area contributed by atoms with E-state index in [2.05, 4.69) is 26.6 Å². The van der Waals surface area contributed by atoms with Gasteiger partial charge in [-0.2, -0.15) is 0 Å². The lowest BCUT2D eigenvalue weighted by molar-refractivity contribution is -0.0230. The van der Waals surface area contributed by atoms with Crippen LogP contribution in [-0.4, -0.2) is 30.5 Å². The molecular formula is C14H22BrNO2S. The number of aliphatic hydroxyl groups is 1. The molecule has 1 fully saturated rings. The molecule has 0 saturated heterocycles. The number of hydrogen-bond donors (Lipinski definition) is 2. The third kappa shape index (κ3) is 5.52. The monoisotopic (exact) mass is 347 g/mol. The Morgan fingerprint density at radius 3 is 2.89 bits per heavy atom. The average Bonchev–Trinajstić information content (AvgIpc) is 2.83. The molecule has 1 atom stereocenters. The molecule has 0 spiro atoms. The molecule has 0 radical (unpaired) electrons. The lowest BCUT2D eigenvalue weighted by Gasteiger charge is -2.23. The topological polar surface area (TPSA) is 41.5 Å². The van der Waals surface area contributed by atoms with Gasteiger partial charge in [-0.25, -0.2) is 0 Å². The normalized spacial score (nSPS) is 18.6. The SMILES string of the molecule is OC(CNCc1sccc1Br)COC1CCCCC1. The summed E-state index contributed by atoms with van der Waals surface area (Å²) in [5.41, 5.74) is 0. The first-order chi connectivity index (χ1) is 9.25. The zero-order valence-electron chi connectivity index (χ0n) is 11.1. The molecule has 1 aliphatic carbocycles. The summed E-state index contributed by atoms with van der Waals surface area (Å²) in [5, 5.41) is 15.2. The summed E-state index contributed by atoms with van der Waals surface area (Å²) in [6.07, 6.45) is 6.14. The molecule has 1 saturated carbocycles. The molecule has 2 N–H and O–H groups in total. The minimum Gasteiger partial charge on any atom is -0.389 e. The maximum absolute atomic E-state index is 9.88. The van der Waals surface area contributed by atoms with E-state index in [1.54, 1.807) is 11.3 Å². The van der Waals surface area contributed by atoms with Crippen LogP contribution in [0.4, 0.5) is 0 Å². The first-order valence-electron chi connectivity index (χ1n) is 6.98. The fourth-order valence-corrected chi connectivity index (χ4v) is 3.80. The summed E-state index contributed by atoms with van der Waals surface area (Å²) in [5.74, 6) is 0. The summed E-state index contributed by atoms with van der Waals surface area (Å²) in [4.78, 5) is 1.26. The Balaban J connectivity index is 1.56. The Morgan fingerprint density at radius 2 is 2.21 bits per heavy atom. The van der Waals surface area contributed by atoms with Crippen molar-refractivity contribution >= 4 is 27.3 Å². The summed E-state index contributed by atoms with van der Waals surface area (Å²) in [6.45, 7) is 1.82. The molecule has 1 unspecified atom stereocenters. The second kappa shape index (κ2) is 8.37. The summed E-state index contributed by atoms with van der Waals surface area (Å²) < 4.78 is 6.90. The van der Waals surface area contributed by atoms with Gasteiger partial charge in [-0.3, -0.25) is 0 Å². The number of rotatable bonds is 7. The standard InChI is InChI=1S/C14H22BrNO2S/c15-13-6-7-19-14(13)9-16-8-11(17)10-18-12-4-2-1-3-5-12/h6-7,11-12,16-17H,1-5,8-10H2. The molecular weight excluding hydrogens is 326 g/mol. The highest BCUT2D eigenvalue weighted by Gasteiger charge is 2.15. The predicted molar refractivity (Wildman–Crippen MR) is 82.6 cm³/mol.